The molecule has 0 aliphatic heterocycles. The third-order valence-corrected chi connectivity index (χ3v) is 2.08. The number of rotatable bonds is 3. The monoisotopic (exact) mass is 196 g/mol. The van der Waals surface area contributed by atoms with Crippen molar-refractivity contribution >= 4 is 5.78 Å². The summed E-state index contributed by atoms with van der Waals surface area (Å²) in [5.41, 5.74) is 1.51. The first-order chi connectivity index (χ1) is 6.56. The summed E-state index contributed by atoms with van der Waals surface area (Å²) in [5.74, 6) is -0.244. The zero-order valence-corrected chi connectivity index (χ0v) is 8.56. The van der Waals surface area contributed by atoms with Crippen molar-refractivity contribution in [1.29, 1.82) is 0 Å². The fourth-order valence-corrected chi connectivity index (χ4v) is 1.39. The number of Topliss-reactive ketones (excluding diaryl/α,β-unsaturated/α-hetero) is 1. The highest BCUT2D eigenvalue weighted by Crippen LogP contribution is 2.26. The van der Waals surface area contributed by atoms with E-state index in [1.165, 1.54) is 20.1 Å². The molecule has 0 saturated heterocycles. The van der Waals surface area contributed by atoms with Gasteiger partial charge in [-0.25, -0.2) is 4.39 Å². The molecule has 0 aromatic heterocycles. The van der Waals surface area contributed by atoms with Crippen molar-refractivity contribution in [2.75, 3.05) is 7.11 Å². The van der Waals surface area contributed by atoms with Crippen LogP contribution in [-0.2, 0) is 11.2 Å². The van der Waals surface area contributed by atoms with Crippen LogP contribution in [0, 0.1) is 12.7 Å². The van der Waals surface area contributed by atoms with Crippen LogP contribution < -0.4 is 4.74 Å². The van der Waals surface area contributed by atoms with Crippen LogP contribution in [-0.4, -0.2) is 12.9 Å². The Balaban J connectivity index is 3.22. The molecule has 76 valence electrons. The van der Waals surface area contributed by atoms with Gasteiger partial charge in [-0.15, -0.1) is 0 Å². The van der Waals surface area contributed by atoms with Crippen LogP contribution in [0.4, 0.5) is 4.39 Å². The molecule has 0 aliphatic rings. The van der Waals surface area contributed by atoms with E-state index in [-0.39, 0.29) is 18.0 Å². The fraction of sp³-hybridized carbons (Fsp3) is 0.364. The molecule has 0 fully saturated rings. The minimum Gasteiger partial charge on any atom is -0.493 e. The van der Waals surface area contributed by atoms with E-state index in [4.69, 9.17) is 4.74 Å². The van der Waals surface area contributed by atoms with Gasteiger partial charge >= 0.3 is 0 Å². The Bertz CT molecular complexity index is 359. The van der Waals surface area contributed by atoms with Gasteiger partial charge in [-0.05, 0) is 25.5 Å². The van der Waals surface area contributed by atoms with Crippen molar-refractivity contribution in [3.05, 3.63) is 29.1 Å². The van der Waals surface area contributed by atoms with Crippen molar-refractivity contribution in [2.24, 2.45) is 0 Å². The van der Waals surface area contributed by atoms with E-state index < -0.39 is 5.82 Å². The lowest BCUT2D eigenvalue weighted by atomic mass is 10.0. The molecule has 0 N–H and O–H groups in total. The molecule has 0 unspecified atom stereocenters. The average molecular weight is 196 g/mol. The van der Waals surface area contributed by atoms with Crippen molar-refractivity contribution in [3.8, 4) is 5.75 Å². The molecule has 1 aromatic rings. The quantitative estimate of drug-likeness (QED) is 0.741. The summed E-state index contributed by atoms with van der Waals surface area (Å²) in [6.45, 7) is 3.31. The first kappa shape index (κ1) is 10.7. The maximum atomic E-state index is 13.2. The lowest BCUT2D eigenvalue weighted by molar-refractivity contribution is -0.116. The maximum Gasteiger partial charge on any atom is 0.165 e. The second kappa shape index (κ2) is 4.22. The molecule has 0 heterocycles. The van der Waals surface area contributed by atoms with Gasteiger partial charge in [0.05, 0.1) is 7.11 Å². The smallest absolute Gasteiger partial charge is 0.165 e. The highest BCUT2D eigenvalue weighted by atomic mass is 19.1. The number of halogens is 1. The van der Waals surface area contributed by atoms with E-state index in [2.05, 4.69) is 0 Å². The highest BCUT2D eigenvalue weighted by molar-refractivity contribution is 5.79. The SMILES string of the molecule is COc1c(F)ccc(C)c1CC(C)=O. The molecule has 1 rings (SSSR count). The molecule has 0 bridgehead atoms. The maximum absolute atomic E-state index is 13.2. The summed E-state index contributed by atoms with van der Waals surface area (Å²) in [6, 6.07) is 2.99. The van der Waals surface area contributed by atoms with Crippen molar-refractivity contribution in [2.45, 2.75) is 20.3 Å². The topological polar surface area (TPSA) is 26.3 Å². The largest absolute Gasteiger partial charge is 0.493 e. The van der Waals surface area contributed by atoms with Gasteiger partial charge in [0.25, 0.3) is 0 Å². The van der Waals surface area contributed by atoms with Gasteiger partial charge in [-0.3, -0.25) is 4.79 Å². The van der Waals surface area contributed by atoms with Gasteiger partial charge in [0.15, 0.2) is 11.6 Å². The molecule has 0 amide bonds. The zero-order valence-electron chi connectivity index (χ0n) is 8.56. The van der Waals surface area contributed by atoms with E-state index >= 15 is 0 Å². The summed E-state index contributed by atoms with van der Waals surface area (Å²) >= 11 is 0. The lowest BCUT2D eigenvalue weighted by Crippen LogP contribution is -2.03. The summed E-state index contributed by atoms with van der Waals surface area (Å²) in [5, 5.41) is 0. The van der Waals surface area contributed by atoms with Crippen LogP contribution in [0.25, 0.3) is 0 Å². The van der Waals surface area contributed by atoms with Crippen LogP contribution in [0.15, 0.2) is 12.1 Å². The van der Waals surface area contributed by atoms with Gasteiger partial charge in [-0.2, -0.15) is 0 Å². The molecular weight excluding hydrogens is 183 g/mol. The molecule has 0 aliphatic carbocycles. The number of hydrogen-bond acceptors (Lipinski definition) is 2. The second-order valence-electron chi connectivity index (χ2n) is 3.25. The summed E-state index contributed by atoms with van der Waals surface area (Å²) in [4.78, 5) is 11.0. The van der Waals surface area contributed by atoms with Crippen molar-refractivity contribution < 1.29 is 13.9 Å². The minimum atomic E-state index is -0.422. The van der Waals surface area contributed by atoms with E-state index in [1.54, 1.807) is 6.07 Å². The number of aryl methyl sites for hydroxylation is 1. The van der Waals surface area contributed by atoms with E-state index in [9.17, 15) is 9.18 Å². The van der Waals surface area contributed by atoms with Gasteiger partial charge < -0.3 is 4.74 Å². The Morgan fingerprint density at radius 2 is 2.14 bits per heavy atom. The molecule has 2 nitrogen and oxygen atoms in total. The van der Waals surface area contributed by atoms with Crippen LogP contribution >= 0.6 is 0 Å². The third-order valence-electron chi connectivity index (χ3n) is 2.08. The van der Waals surface area contributed by atoms with Crippen molar-refractivity contribution in [1.82, 2.24) is 0 Å². The number of hydrogen-bond donors (Lipinski definition) is 0. The Labute approximate surface area is 82.7 Å². The highest BCUT2D eigenvalue weighted by Gasteiger charge is 2.13. The number of carbonyl (C=O) groups excluding carboxylic acids is 1. The molecule has 1 aromatic carbocycles. The number of ketones is 1. The number of benzene rings is 1. The first-order valence-corrected chi connectivity index (χ1v) is 4.37. The molecule has 3 heteroatoms. The van der Waals surface area contributed by atoms with Crippen LogP contribution in [0.3, 0.4) is 0 Å². The molecule has 0 radical (unpaired) electrons. The van der Waals surface area contributed by atoms with E-state index in [0.29, 0.717) is 5.56 Å². The van der Waals surface area contributed by atoms with E-state index in [1.807, 2.05) is 6.92 Å². The zero-order chi connectivity index (χ0) is 10.7. The fourth-order valence-electron chi connectivity index (χ4n) is 1.39. The third kappa shape index (κ3) is 2.10. The molecule has 0 saturated carbocycles. The lowest BCUT2D eigenvalue weighted by Gasteiger charge is -2.10. The Hall–Kier alpha value is -1.38. The Morgan fingerprint density at radius 3 is 2.64 bits per heavy atom. The molecule has 0 atom stereocenters. The van der Waals surface area contributed by atoms with Crippen molar-refractivity contribution in [3.63, 3.8) is 0 Å². The average Bonchev–Trinajstić information content (AvgIpc) is 2.11. The Morgan fingerprint density at radius 1 is 1.50 bits per heavy atom. The summed E-state index contributed by atoms with van der Waals surface area (Å²) in [7, 11) is 1.40. The normalized spacial score (nSPS) is 10.0. The summed E-state index contributed by atoms with van der Waals surface area (Å²) < 4.78 is 18.2. The second-order valence-corrected chi connectivity index (χ2v) is 3.25. The molecular formula is C11H13FO2. The van der Waals surface area contributed by atoms with Gasteiger partial charge in [0, 0.05) is 12.0 Å². The number of carbonyl (C=O) groups is 1. The first-order valence-electron chi connectivity index (χ1n) is 4.37. The van der Waals surface area contributed by atoms with Gasteiger partial charge in [0.1, 0.15) is 5.78 Å². The standard InChI is InChI=1S/C11H13FO2/c1-7-4-5-10(12)11(14-3)9(7)6-8(2)13/h4-5H,6H2,1-3H3. The van der Waals surface area contributed by atoms with Gasteiger partial charge in [-0.1, -0.05) is 6.07 Å². The predicted octanol–water partition coefficient (Wildman–Crippen LogP) is 2.27. The molecule has 14 heavy (non-hydrogen) atoms. The minimum absolute atomic E-state index is 0.00278. The van der Waals surface area contributed by atoms with Crippen LogP contribution in [0.2, 0.25) is 0 Å². The van der Waals surface area contributed by atoms with Crippen LogP contribution in [0.5, 0.6) is 5.75 Å². The predicted molar refractivity (Wildman–Crippen MR) is 52.1 cm³/mol. The number of ether oxygens (including phenoxy) is 1. The number of methoxy groups -OCH3 is 1. The summed E-state index contributed by atoms with van der Waals surface area (Å²) in [6.07, 6.45) is 0.215. The van der Waals surface area contributed by atoms with E-state index in [0.717, 1.165) is 5.56 Å². The van der Waals surface area contributed by atoms with Gasteiger partial charge in [0.2, 0.25) is 0 Å². The molecule has 0 spiro atoms. The Kier molecular flexibility index (Phi) is 3.23. The van der Waals surface area contributed by atoms with Crippen LogP contribution in [0.1, 0.15) is 18.1 Å².